The van der Waals surface area contributed by atoms with E-state index >= 15 is 0 Å². The van der Waals surface area contributed by atoms with E-state index in [1.165, 1.54) is 128 Å². The summed E-state index contributed by atoms with van der Waals surface area (Å²) in [6, 6.07) is 0. The Bertz CT molecular complexity index is 780. The summed E-state index contributed by atoms with van der Waals surface area (Å²) in [5, 5.41) is 19.8. The standard InChI is InChI=1S/C43H76O5/c1-3-5-7-9-11-13-15-17-19-21-23-25-27-29-31-33-35-43(47-41-39(37-44)46-40(38-45)42(41)48-43)36-34-32-30-28-26-24-22-20-18-16-14-12-10-8-6-4-2/h11-14,17-20,39-42,44-45H,3-10,15-16,21-38H2,1-2H3/b13-11-,14-12-,19-17-,20-18-/t39-,40+,41-,42?/m1/s1. The van der Waals surface area contributed by atoms with Crippen LogP contribution in [0.3, 0.4) is 0 Å². The third kappa shape index (κ3) is 19.2. The molecule has 0 aliphatic carbocycles. The molecule has 0 bridgehead atoms. The number of hydrogen-bond donors (Lipinski definition) is 2. The zero-order valence-corrected chi connectivity index (χ0v) is 31.3. The minimum absolute atomic E-state index is 0.104. The van der Waals surface area contributed by atoms with Crippen LogP contribution in [0.2, 0.25) is 0 Å². The van der Waals surface area contributed by atoms with Crippen LogP contribution in [-0.4, -0.2) is 53.6 Å². The second-order valence-electron chi connectivity index (χ2n) is 14.3. The summed E-state index contributed by atoms with van der Waals surface area (Å²) >= 11 is 0. The summed E-state index contributed by atoms with van der Waals surface area (Å²) < 4.78 is 19.1. The van der Waals surface area contributed by atoms with Crippen molar-refractivity contribution in [3.8, 4) is 0 Å². The lowest BCUT2D eigenvalue weighted by Gasteiger charge is -2.31. The number of unbranched alkanes of at least 4 members (excludes halogenated alkanes) is 18. The Morgan fingerprint density at radius 3 is 1.12 bits per heavy atom. The Labute approximate surface area is 296 Å². The topological polar surface area (TPSA) is 68.2 Å². The van der Waals surface area contributed by atoms with Gasteiger partial charge in [0.05, 0.1) is 13.2 Å². The lowest BCUT2D eigenvalue weighted by molar-refractivity contribution is -0.222. The van der Waals surface area contributed by atoms with Gasteiger partial charge < -0.3 is 24.4 Å². The maximum atomic E-state index is 9.89. The van der Waals surface area contributed by atoms with E-state index in [-0.39, 0.29) is 25.4 Å². The number of hydrogen-bond acceptors (Lipinski definition) is 5. The molecular formula is C43H76O5. The Morgan fingerprint density at radius 2 is 0.771 bits per heavy atom. The summed E-state index contributed by atoms with van der Waals surface area (Å²) in [5.41, 5.74) is 0. The van der Waals surface area contributed by atoms with Crippen molar-refractivity contribution in [3.63, 3.8) is 0 Å². The number of aliphatic hydroxyl groups excluding tert-OH is 2. The van der Waals surface area contributed by atoms with E-state index in [4.69, 9.17) is 14.2 Å². The van der Waals surface area contributed by atoms with Crippen molar-refractivity contribution in [1.82, 2.24) is 0 Å². The molecule has 0 amide bonds. The van der Waals surface area contributed by atoms with Crippen molar-refractivity contribution in [1.29, 1.82) is 0 Å². The van der Waals surface area contributed by atoms with Gasteiger partial charge in [0, 0.05) is 12.8 Å². The molecule has 0 aromatic heterocycles. The lowest BCUT2D eigenvalue weighted by Crippen LogP contribution is -2.36. The van der Waals surface area contributed by atoms with Crippen molar-refractivity contribution in [2.75, 3.05) is 13.2 Å². The Balaban J connectivity index is 1.60. The van der Waals surface area contributed by atoms with Crippen LogP contribution < -0.4 is 0 Å². The van der Waals surface area contributed by atoms with Crippen LogP contribution in [0.4, 0.5) is 0 Å². The molecule has 5 heteroatoms. The van der Waals surface area contributed by atoms with E-state index in [1.54, 1.807) is 0 Å². The van der Waals surface area contributed by atoms with Gasteiger partial charge >= 0.3 is 0 Å². The highest BCUT2D eigenvalue weighted by molar-refractivity contribution is 4.99. The van der Waals surface area contributed by atoms with Gasteiger partial charge in [-0.05, 0) is 77.0 Å². The molecule has 1 unspecified atom stereocenters. The van der Waals surface area contributed by atoms with E-state index in [9.17, 15) is 10.2 Å². The third-order valence-corrected chi connectivity index (χ3v) is 9.98. The molecule has 0 spiro atoms. The molecule has 2 fully saturated rings. The van der Waals surface area contributed by atoms with Crippen molar-refractivity contribution < 1.29 is 24.4 Å². The Kier molecular flexibility index (Phi) is 26.4. The van der Waals surface area contributed by atoms with Gasteiger partial charge in [-0.15, -0.1) is 0 Å². The van der Waals surface area contributed by atoms with Crippen LogP contribution in [0, 0.1) is 0 Å². The molecule has 2 saturated heterocycles. The molecule has 2 aliphatic heterocycles. The monoisotopic (exact) mass is 673 g/mol. The minimum Gasteiger partial charge on any atom is -0.394 e. The fraction of sp³-hybridized carbons (Fsp3) is 0.814. The van der Waals surface area contributed by atoms with Crippen LogP contribution in [0.5, 0.6) is 0 Å². The molecule has 2 heterocycles. The number of rotatable bonds is 32. The molecule has 2 N–H and O–H groups in total. The summed E-state index contributed by atoms with van der Waals surface area (Å²) in [7, 11) is 0. The first-order chi connectivity index (χ1) is 23.7. The van der Waals surface area contributed by atoms with E-state index < -0.39 is 18.0 Å². The molecule has 0 aromatic carbocycles. The molecule has 278 valence electrons. The van der Waals surface area contributed by atoms with Gasteiger partial charge in [0.1, 0.15) is 24.4 Å². The van der Waals surface area contributed by atoms with Crippen molar-refractivity contribution >= 4 is 0 Å². The molecule has 2 aliphatic rings. The number of fused-ring (bicyclic) bond motifs is 1. The highest BCUT2D eigenvalue weighted by Crippen LogP contribution is 2.44. The summed E-state index contributed by atoms with van der Waals surface area (Å²) in [5.74, 6) is -0.607. The molecule has 0 aromatic rings. The van der Waals surface area contributed by atoms with Crippen LogP contribution in [0.25, 0.3) is 0 Å². The predicted octanol–water partition coefficient (Wildman–Crippen LogP) is 11.6. The summed E-state index contributed by atoms with van der Waals surface area (Å²) in [6.45, 7) is 4.30. The van der Waals surface area contributed by atoms with Crippen LogP contribution in [0.1, 0.15) is 181 Å². The highest BCUT2D eigenvalue weighted by Gasteiger charge is 2.57. The maximum absolute atomic E-state index is 9.89. The largest absolute Gasteiger partial charge is 0.394 e. The van der Waals surface area contributed by atoms with Crippen LogP contribution in [0.15, 0.2) is 48.6 Å². The average molecular weight is 673 g/mol. The van der Waals surface area contributed by atoms with E-state index in [2.05, 4.69) is 62.5 Å². The SMILES string of the molecule is CCCCC/C=C\C/C=C\CCCCCCCCC1(CCCCCCCC/C=C\C/C=C\CCCCC)OC2[C@H](CO)O[C@H](CO)[C@H]2O1. The first-order valence-electron chi connectivity index (χ1n) is 20.5. The van der Waals surface area contributed by atoms with Crippen molar-refractivity contribution in [2.45, 2.75) is 211 Å². The summed E-state index contributed by atoms with van der Waals surface area (Å²) in [4.78, 5) is 0. The number of aliphatic hydroxyl groups is 2. The van der Waals surface area contributed by atoms with Gasteiger partial charge in [0.25, 0.3) is 0 Å². The average Bonchev–Trinajstić information content (AvgIpc) is 3.63. The molecular weight excluding hydrogens is 596 g/mol. The van der Waals surface area contributed by atoms with Crippen molar-refractivity contribution in [2.24, 2.45) is 0 Å². The quantitative estimate of drug-likeness (QED) is 0.0550. The number of allylic oxidation sites excluding steroid dienone is 8. The second-order valence-corrected chi connectivity index (χ2v) is 14.3. The molecule has 48 heavy (non-hydrogen) atoms. The third-order valence-electron chi connectivity index (χ3n) is 9.98. The zero-order chi connectivity index (χ0) is 34.4. The van der Waals surface area contributed by atoms with Gasteiger partial charge in [0.2, 0.25) is 0 Å². The molecule has 0 saturated carbocycles. The highest BCUT2D eigenvalue weighted by atomic mass is 16.8. The zero-order valence-electron chi connectivity index (χ0n) is 31.3. The van der Waals surface area contributed by atoms with Crippen molar-refractivity contribution in [3.05, 3.63) is 48.6 Å². The smallest absolute Gasteiger partial charge is 0.169 e. The van der Waals surface area contributed by atoms with Crippen LogP contribution in [-0.2, 0) is 14.2 Å². The molecule has 0 radical (unpaired) electrons. The number of ether oxygens (including phenoxy) is 3. The van der Waals surface area contributed by atoms with E-state index in [1.807, 2.05) is 0 Å². The molecule has 2 rings (SSSR count). The Morgan fingerprint density at radius 1 is 0.438 bits per heavy atom. The van der Waals surface area contributed by atoms with Gasteiger partial charge in [-0.3, -0.25) is 0 Å². The maximum Gasteiger partial charge on any atom is 0.169 e. The molecule has 4 atom stereocenters. The van der Waals surface area contributed by atoms with Crippen LogP contribution >= 0.6 is 0 Å². The predicted molar refractivity (Wildman–Crippen MR) is 203 cm³/mol. The summed E-state index contributed by atoms with van der Waals surface area (Å²) in [6.07, 6.45) is 48.6. The van der Waals surface area contributed by atoms with E-state index in [0.717, 1.165) is 38.5 Å². The fourth-order valence-corrected chi connectivity index (χ4v) is 7.03. The lowest BCUT2D eigenvalue weighted by atomic mass is 9.98. The first-order valence-corrected chi connectivity index (χ1v) is 20.5. The van der Waals surface area contributed by atoms with Gasteiger partial charge in [0.15, 0.2) is 5.79 Å². The minimum atomic E-state index is -0.607. The first kappa shape index (κ1) is 42.9. The molecule has 5 nitrogen and oxygen atoms in total. The van der Waals surface area contributed by atoms with Gasteiger partial charge in [-0.25, -0.2) is 0 Å². The van der Waals surface area contributed by atoms with Gasteiger partial charge in [-0.2, -0.15) is 0 Å². The van der Waals surface area contributed by atoms with Gasteiger partial charge in [-0.1, -0.05) is 140 Å². The normalized spacial score (nSPS) is 22.4. The second kappa shape index (κ2) is 29.5. The fourth-order valence-electron chi connectivity index (χ4n) is 7.03. The Hall–Kier alpha value is -1.24. The van der Waals surface area contributed by atoms with E-state index in [0.29, 0.717) is 0 Å².